The zero-order valence-electron chi connectivity index (χ0n) is 12.7. The second-order valence-corrected chi connectivity index (χ2v) is 5.78. The van der Waals surface area contributed by atoms with Crippen LogP contribution in [0.1, 0.15) is 22.9 Å². The molecule has 0 fully saturated rings. The molecule has 23 heavy (non-hydrogen) atoms. The fourth-order valence-electron chi connectivity index (χ4n) is 3.24. The van der Waals surface area contributed by atoms with Gasteiger partial charge in [-0.15, -0.1) is 0 Å². The molecule has 0 aliphatic carbocycles. The molecule has 118 valence electrons. The molecule has 1 N–H and O–H groups in total. The predicted octanol–water partition coefficient (Wildman–Crippen LogP) is 3.03. The van der Waals surface area contributed by atoms with Gasteiger partial charge in [-0.05, 0) is 29.7 Å². The van der Waals surface area contributed by atoms with Gasteiger partial charge in [0.15, 0.2) is 5.76 Å². The lowest BCUT2D eigenvalue weighted by Gasteiger charge is -2.35. The van der Waals surface area contributed by atoms with E-state index in [0.717, 1.165) is 18.7 Å². The Bertz CT molecular complexity index is 779. The molecule has 1 aliphatic heterocycles. The van der Waals surface area contributed by atoms with Gasteiger partial charge in [-0.2, -0.15) is 0 Å². The molecule has 0 unspecified atom stereocenters. The van der Waals surface area contributed by atoms with E-state index in [1.807, 2.05) is 24.3 Å². The second kappa shape index (κ2) is 6.02. The minimum Gasteiger partial charge on any atom is -0.461 e. The standard InChI is InChI=1S/C18H18N2O3/c21-12-16-15-5-2-1-4-13(15)7-8-20(16)11-14-10-18(23-19-14)17-6-3-9-22-17/h1-6,9-10,16,21H,7-8,11-12H2/t16-/m0/s1. The summed E-state index contributed by atoms with van der Waals surface area (Å²) in [5.74, 6) is 1.30. The van der Waals surface area contributed by atoms with Crippen molar-refractivity contribution in [3.05, 3.63) is 65.5 Å². The average Bonchev–Trinajstić information content (AvgIpc) is 3.26. The number of hydrogen-bond acceptors (Lipinski definition) is 5. The van der Waals surface area contributed by atoms with Gasteiger partial charge in [0.2, 0.25) is 5.76 Å². The smallest absolute Gasteiger partial charge is 0.202 e. The Morgan fingerprint density at radius 3 is 2.91 bits per heavy atom. The number of aliphatic hydroxyl groups is 1. The zero-order chi connectivity index (χ0) is 15.6. The molecule has 5 heteroatoms. The number of benzene rings is 1. The highest BCUT2D eigenvalue weighted by molar-refractivity contribution is 5.49. The van der Waals surface area contributed by atoms with E-state index < -0.39 is 0 Å². The minimum atomic E-state index is 0.00344. The van der Waals surface area contributed by atoms with Crippen LogP contribution in [0.15, 0.2) is 57.7 Å². The van der Waals surface area contributed by atoms with Crippen LogP contribution in [0.3, 0.4) is 0 Å². The molecular formula is C18H18N2O3. The molecule has 0 amide bonds. The van der Waals surface area contributed by atoms with Gasteiger partial charge in [0.05, 0.1) is 24.6 Å². The summed E-state index contributed by atoms with van der Waals surface area (Å²) in [4.78, 5) is 2.24. The predicted molar refractivity (Wildman–Crippen MR) is 84.6 cm³/mol. The first-order valence-corrected chi connectivity index (χ1v) is 7.77. The van der Waals surface area contributed by atoms with Crippen LogP contribution in [0.25, 0.3) is 11.5 Å². The minimum absolute atomic E-state index is 0.00344. The van der Waals surface area contributed by atoms with Crippen LogP contribution in [0, 0.1) is 0 Å². The summed E-state index contributed by atoms with van der Waals surface area (Å²) in [7, 11) is 0. The van der Waals surface area contributed by atoms with Gasteiger partial charge < -0.3 is 14.0 Å². The molecule has 0 bridgehead atoms. The third-order valence-electron chi connectivity index (χ3n) is 4.38. The molecule has 5 nitrogen and oxygen atoms in total. The molecule has 3 aromatic rings. The Kier molecular flexibility index (Phi) is 3.73. The van der Waals surface area contributed by atoms with Crippen molar-refractivity contribution in [1.29, 1.82) is 0 Å². The molecule has 0 spiro atoms. The maximum atomic E-state index is 9.84. The normalized spacial score (nSPS) is 18.0. The quantitative estimate of drug-likeness (QED) is 0.802. The summed E-state index contributed by atoms with van der Waals surface area (Å²) in [6.45, 7) is 1.63. The molecule has 0 radical (unpaired) electrons. The Morgan fingerprint density at radius 2 is 2.09 bits per heavy atom. The lowest BCUT2D eigenvalue weighted by Crippen LogP contribution is -2.36. The van der Waals surface area contributed by atoms with Crippen LogP contribution in [0.4, 0.5) is 0 Å². The Balaban J connectivity index is 1.55. The summed E-state index contributed by atoms with van der Waals surface area (Å²) >= 11 is 0. The first-order valence-electron chi connectivity index (χ1n) is 7.77. The van der Waals surface area contributed by atoms with E-state index in [9.17, 15) is 5.11 Å². The van der Waals surface area contributed by atoms with Crippen molar-refractivity contribution in [2.45, 2.75) is 19.0 Å². The highest BCUT2D eigenvalue weighted by Gasteiger charge is 2.27. The molecule has 4 rings (SSSR count). The van der Waals surface area contributed by atoms with Crippen molar-refractivity contribution in [3.8, 4) is 11.5 Å². The Hall–Kier alpha value is -2.37. The molecule has 0 saturated carbocycles. The monoisotopic (exact) mass is 310 g/mol. The molecule has 1 aromatic carbocycles. The molecule has 1 aliphatic rings. The summed E-state index contributed by atoms with van der Waals surface area (Å²) in [6.07, 6.45) is 2.59. The number of fused-ring (bicyclic) bond motifs is 1. The van der Waals surface area contributed by atoms with Crippen molar-refractivity contribution < 1.29 is 14.0 Å². The highest BCUT2D eigenvalue weighted by atomic mass is 16.5. The number of aromatic nitrogens is 1. The molecule has 0 saturated heterocycles. The van der Waals surface area contributed by atoms with Crippen LogP contribution < -0.4 is 0 Å². The van der Waals surface area contributed by atoms with E-state index >= 15 is 0 Å². The van der Waals surface area contributed by atoms with Gasteiger partial charge >= 0.3 is 0 Å². The molecular weight excluding hydrogens is 292 g/mol. The van der Waals surface area contributed by atoms with E-state index in [0.29, 0.717) is 18.1 Å². The van der Waals surface area contributed by atoms with Crippen molar-refractivity contribution >= 4 is 0 Å². The number of hydrogen-bond donors (Lipinski definition) is 1. The van der Waals surface area contributed by atoms with Crippen molar-refractivity contribution in [1.82, 2.24) is 10.1 Å². The third kappa shape index (κ3) is 2.69. The van der Waals surface area contributed by atoms with Gasteiger partial charge in [0, 0.05) is 19.2 Å². The Labute approximate surface area is 134 Å². The largest absolute Gasteiger partial charge is 0.461 e. The summed E-state index contributed by atoms with van der Waals surface area (Å²) < 4.78 is 10.7. The topological polar surface area (TPSA) is 62.6 Å². The number of nitrogens with zero attached hydrogens (tertiary/aromatic N) is 2. The van der Waals surface area contributed by atoms with Crippen molar-refractivity contribution in [2.24, 2.45) is 0 Å². The van der Waals surface area contributed by atoms with Crippen molar-refractivity contribution in [3.63, 3.8) is 0 Å². The van der Waals surface area contributed by atoms with Crippen LogP contribution in [0.5, 0.6) is 0 Å². The van der Waals surface area contributed by atoms with Gasteiger partial charge in [0.25, 0.3) is 0 Å². The maximum absolute atomic E-state index is 9.84. The maximum Gasteiger partial charge on any atom is 0.202 e. The van der Waals surface area contributed by atoms with Gasteiger partial charge in [-0.25, -0.2) is 0 Å². The Morgan fingerprint density at radius 1 is 1.17 bits per heavy atom. The summed E-state index contributed by atoms with van der Waals surface area (Å²) in [5, 5.41) is 14.0. The fourth-order valence-corrected chi connectivity index (χ4v) is 3.24. The molecule has 2 aromatic heterocycles. The van der Waals surface area contributed by atoms with E-state index in [1.54, 1.807) is 6.26 Å². The first kappa shape index (κ1) is 14.2. The number of aliphatic hydroxyl groups excluding tert-OH is 1. The van der Waals surface area contributed by atoms with E-state index in [2.05, 4.69) is 28.3 Å². The third-order valence-corrected chi connectivity index (χ3v) is 4.38. The van der Waals surface area contributed by atoms with Crippen LogP contribution in [-0.2, 0) is 13.0 Å². The van der Waals surface area contributed by atoms with E-state index in [-0.39, 0.29) is 12.6 Å². The van der Waals surface area contributed by atoms with E-state index in [1.165, 1.54) is 11.1 Å². The summed E-state index contributed by atoms with van der Waals surface area (Å²) in [6, 6.07) is 13.9. The second-order valence-electron chi connectivity index (χ2n) is 5.78. The van der Waals surface area contributed by atoms with Crippen molar-refractivity contribution in [2.75, 3.05) is 13.2 Å². The lowest BCUT2D eigenvalue weighted by atomic mass is 9.93. The van der Waals surface area contributed by atoms with Gasteiger partial charge in [-0.1, -0.05) is 29.4 Å². The molecule has 3 heterocycles. The fraction of sp³-hybridized carbons (Fsp3) is 0.278. The van der Waals surface area contributed by atoms with Gasteiger partial charge in [0.1, 0.15) is 0 Å². The number of rotatable bonds is 4. The van der Waals surface area contributed by atoms with Crippen LogP contribution in [0.2, 0.25) is 0 Å². The lowest BCUT2D eigenvalue weighted by molar-refractivity contribution is 0.106. The van der Waals surface area contributed by atoms with Crippen LogP contribution in [-0.4, -0.2) is 28.3 Å². The zero-order valence-corrected chi connectivity index (χ0v) is 12.7. The summed E-state index contributed by atoms with van der Waals surface area (Å²) in [5.41, 5.74) is 3.37. The molecule has 1 atom stereocenters. The average molecular weight is 310 g/mol. The first-order chi connectivity index (χ1) is 11.3. The highest BCUT2D eigenvalue weighted by Crippen LogP contribution is 2.31. The van der Waals surface area contributed by atoms with Crippen LogP contribution >= 0.6 is 0 Å². The number of furan rings is 1. The SMILES string of the molecule is OC[C@H]1c2ccccc2CCN1Cc1cc(-c2ccco2)on1. The van der Waals surface area contributed by atoms with Gasteiger partial charge in [-0.3, -0.25) is 4.90 Å². The van der Waals surface area contributed by atoms with E-state index in [4.69, 9.17) is 8.94 Å².